The minimum atomic E-state index is -0.681. The van der Waals surface area contributed by atoms with Gasteiger partial charge in [0.25, 0.3) is 0 Å². The molecule has 0 aliphatic heterocycles. The van der Waals surface area contributed by atoms with Gasteiger partial charge in [-0.2, -0.15) is 0 Å². The van der Waals surface area contributed by atoms with Gasteiger partial charge < -0.3 is 0 Å². The Morgan fingerprint density at radius 2 is 1.45 bits per heavy atom. The number of rotatable bonds is 2. The molecule has 0 N–H and O–H groups in total. The molecule has 0 amide bonds. The van der Waals surface area contributed by atoms with Crippen molar-refractivity contribution >= 4 is 10.8 Å². The van der Waals surface area contributed by atoms with E-state index in [1.165, 1.54) is 0 Å². The number of hydrogen-bond donors (Lipinski definition) is 0. The summed E-state index contributed by atoms with van der Waals surface area (Å²) >= 11 is 0. The first kappa shape index (κ1) is 11.2. The van der Waals surface area contributed by atoms with Crippen molar-refractivity contribution < 1.29 is 4.21 Å². The fourth-order valence-corrected chi connectivity index (χ4v) is 2.17. The van der Waals surface area contributed by atoms with Crippen molar-refractivity contribution in [3.63, 3.8) is 0 Å². The van der Waals surface area contributed by atoms with Crippen LogP contribution >= 0.6 is 0 Å². The van der Waals surface area contributed by atoms with Gasteiger partial charge in [-0.3, -0.25) is 4.21 Å². The zero-order valence-electron chi connectivity index (χ0n) is 8.52. The minimum absolute atomic E-state index is 0.159. The Balaban J connectivity index is 4.34. The predicted octanol–water partition coefficient (Wildman–Crippen LogP) is 2.44. The van der Waals surface area contributed by atoms with Crippen molar-refractivity contribution in [3.05, 3.63) is 0 Å². The van der Waals surface area contributed by atoms with Gasteiger partial charge in [-0.25, -0.2) is 0 Å². The van der Waals surface area contributed by atoms with Crippen molar-refractivity contribution in [3.8, 4) is 0 Å². The predicted molar refractivity (Wildman–Crippen MR) is 52.2 cm³/mol. The monoisotopic (exact) mass is 176 g/mol. The molecule has 0 rings (SSSR count). The van der Waals surface area contributed by atoms with Crippen molar-refractivity contribution in [1.82, 2.24) is 0 Å². The van der Waals surface area contributed by atoms with Crippen LogP contribution in [-0.4, -0.2) is 16.2 Å². The summed E-state index contributed by atoms with van der Waals surface area (Å²) in [5, 5.41) is 0. The lowest BCUT2D eigenvalue weighted by Gasteiger charge is -2.38. The van der Waals surface area contributed by atoms with Gasteiger partial charge >= 0.3 is 0 Å². The highest BCUT2D eigenvalue weighted by Crippen LogP contribution is 2.38. The molecule has 1 nitrogen and oxygen atoms in total. The molecule has 0 radical (unpaired) electrons. The first-order chi connectivity index (χ1) is 4.67. The maximum Gasteiger partial charge on any atom is 0.0288 e. The van der Waals surface area contributed by atoms with E-state index in [1.54, 1.807) is 6.26 Å². The molecule has 0 bridgehead atoms. The lowest BCUT2D eigenvalue weighted by molar-refractivity contribution is 0.161. The van der Waals surface area contributed by atoms with E-state index in [-0.39, 0.29) is 10.8 Å². The lowest BCUT2D eigenvalue weighted by Crippen LogP contribution is -2.34. The lowest BCUT2D eigenvalue weighted by atomic mass is 9.71. The van der Waals surface area contributed by atoms with Crippen LogP contribution < -0.4 is 0 Å². The molecule has 0 heterocycles. The molecule has 0 saturated carbocycles. The Morgan fingerprint density at radius 3 is 1.55 bits per heavy atom. The maximum absolute atomic E-state index is 11.0. The highest BCUT2D eigenvalue weighted by atomic mass is 32.2. The summed E-state index contributed by atoms with van der Waals surface area (Å²) in [6.45, 7) is 10.9. The molecule has 0 aliphatic carbocycles. The summed E-state index contributed by atoms with van der Waals surface area (Å²) in [5.41, 5.74) is 0.394. The highest BCUT2D eigenvalue weighted by molar-refractivity contribution is 7.84. The standard InChI is InChI=1S/C9H20OS/c1-8(2,3)9(4,5)7-11(6)10/h7H2,1-6H3. The van der Waals surface area contributed by atoms with Gasteiger partial charge in [0, 0.05) is 22.8 Å². The molecular formula is C9H20OS. The molecule has 68 valence electrons. The van der Waals surface area contributed by atoms with Gasteiger partial charge in [0.15, 0.2) is 0 Å². The summed E-state index contributed by atoms with van der Waals surface area (Å²) in [6, 6.07) is 0. The second-order valence-electron chi connectivity index (χ2n) is 4.85. The molecule has 0 aromatic carbocycles. The minimum Gasteiger partial charge on any atom is -0.260 e. The normalized spacial score (nSPS) is 16.5. The van der Waals surface area contributed by atoms with Crippen LogP contribution in [0.5, 0.6) is 0 Å². The van der Waals surface area contributed by atoms with Crippen molar-refractivity contribution in [2.24, 2.45) is 10.8 Å². The molecule has 1 unspecified atom stereocenters. The Kier molecular flexibility index (Phi) is 3.30. The SMILES string of the molecule is CS(=O)CC(C)(C)C(C)(C)C. The fourth-order valence-electron chi connectivity index (χ4n) is 0.725. The first-order valence-electron chi connectivity index (χ1n) is 3.97. The molecule has 11 heavy (non-hydrogen) atoms. The van der Waals surface area contributed by atoms with Crippen molar-refractivity contribution in [2.75, 3.05) is 12.0 Å². The first-order valence-corrected chi connectivity index (χ1v) is 5.69. The third-order valence-electron chi connectivity index (χ3n) is 2.59. The molecule has 0 aromatic rings. The van der Waals surface area contributed by atoms with E-state index >= 15 is 0 Å². The van der Waals surface area contributed by atoms with Crippen LogP contribution in [0.3, 0.4) is 0 Å². The van der Waals surface area contributed by atoms with E-state index in [1.807, 2.05) is 0 Å². The zero-order chi connectivity index (χ0) is 9.28. The van der Waals surface area contributed by atoms with Crippen LogP contribution in [0, 0.1) is 10.8 Å². The second-order valence-corrected chi connectivity index (χ2v) is 6.29. The molecule has 0 aromatic heterocycles. The summed E-state index contributed by atoms with van der Waals surface area (Å²) in [5.74, 6) is 0.788. The van der Waals surface area contributed by atoms with Crippen LogP contribution in [0.15, 0.2) is 0 Å². The Morgan fingerprint density at radius 1 is 1.09 bits per heavy atom. The van der Waals surface area contributed by atoms with Gasteiger partial charge in [0.2, 0.25) is 0 Å². The van der Waals surface area contributed by atoms with Crippen LogP contribution in [0.2, 0.25) is 0 Å². The average Bonchev–Trinajstić information content (AvgIpc) is 1.56. The number of hydrogen-bond acceptors (Lipinski definition) is 1. The molecule has 0 fully saturated rings. The second kappa shape index (κ2) is 3.26. The average molecular weight is 176 g/mol. The smallest absolute Gasteiger partial charge is 0.0288 e. The van der Waals surface area contributed by atoms with Crippen molar-refractivity contribution in [1.29, 1.82) is 0 Å². The van der Waals surface area contributed by atoms with Gasteiger partial charge in [-0.05, 0) is 10.8 Å². The van der Waals surface area contributed by atoms with Crippen molar-refractivity contribution in [2.45, 2.75) is 34.6 Å². The van der Waals surface area contributed by atoms with E-state index in [9.17, 15) is 4.21 Å². The zero-order valence-corrected chi connectivity index (χ0v) is 9.34. The van der Waals surface area contributed by atoms with E-state index in [4.69, 9.17) is 0 Å². The van der Waals surface area contributed by atoms with Gasteiger partial charge in [0.1, 0.15) is 0 Å². The summed E-state index contributed by atoms with van der Waals surface area (Å²) < 4.78 is 11.0. The molecule has 0 aliphatic rings. The molecular weight excluding hydrogens is 156 g/mol. The van der Waals surface area contributed by atoms with Gasteiger partial charge in [0.05, 0.1) is 0 Å². The summed E-state index contributed by atoms with van der Waals surface area (Å²) in [7, 11) is -0.681. The van der Waals surface area contributed by atoms with Crippen LogP contribution in [-0.2, 0) is 10.8 Å². The Hall–Kier alpha value is 0.150. The van der Waals surface area contributed by atoms with Crippen LogP contribution in [0.4, 0.5) is 0 Å². The van der Waals surface area contributed by atoms with E-state index in [0.717, 1.165) is 5.75 Å². The Bertz CT molecular complexity index is 153. The molecule has 0 spiro atoms. The van der Waals surface area contributed by atoms with Gasteiger partial charge in [-0.1, -0.05) is 34.6 Å². The topological polar surface area (TPSA) is 17.1 Å². The van der Waals surface area contributed by atoms with E-state index < -0.39 is 10.8 Å². The molecule has 0 saturated heterocycles. The summed E-state index contributed by atoms with van der Waals surface area (Å²) in [4.78, 5) is 0. The highest BCUT2D eigenvalue weighted by Gasteiger charge is 2.33. The third kappa shape index (κ3) is 3.37. The third-order valence-corrected chi connectivity index (χ3v) is 3.72. The fraction of sp³-hybridized carbons (Fsp3) is 1.00. The maximum atomic E-state index is 11.0. The van der Waals surface area contributed by atoms with Crippen LogP contribution in [0.1, 0.15) is 34.6 Å². The van der Waals surface area contributed by atoms with E-state index in [0.29, 0.717) is 0 Å². The molecule has 2 heteroatoms. The largest absolute Gasteiger partial charge is 0.260 e. The quantitative estimate of drug-likeness (QED) is 0.631. The Labute approximate surface area is 73.0 Å². The van der Waals surface area contributed by atoms with E-state index in [2.05, 4.69) is 34.6 Å². The summed E-state index contributed by atoms with van der Waals surface area (Å²) in [6.07, 6.45) is 1.77. The molecule has 1 atom stereocenters. The van der Waals surface area contributed by atoms with Gasteiger partial charge in [-0.15, -0.1) is 0 Å². The van der Waals surface area contributed by atoms with Crippen LogP contribution in [0.25, 0.3) is 0 Å².